The molecule has 0 saturated carbocycles. The average Bonchev–Trinajstić information content (AvgIpc) is 3.10. The Balaban J connectivity index is 1.61. The molecular weight excluding hydrogens is 360 g/mol. The second-order valence-electron chi connectivity index (χ2n) is 6.46. The van der Waals surface area contributed by atoms with E-state index in [4.69, 9.17) is 14.5 Å². The van der Waals surface area contributed by atoms with Gasteiger partial charge in [0.2, 0.25) is 0 Å². The van der Waals surface area contributed by atoms with Gasteiger partial charge in [0.1, 0.15) is 5.75 Å². The fraction of sp³-hybridized carbons (Fsp3) is 0.238. The number of aryl methyl sites for hydroxylation is 3. The number of methoxy groups -OCH3 is 2. The second-order valence-corrected chi connectivity index (χ2v) is 7.55. The van der Waals surface area contributed by atoms with E-state index in [1.54, 1.807) is 30.6 Å². The number of ether oxygens (including phenoxy) is 2. The number of benzene rings is 2. The molecule has 138 valence electrons. The predicted molar refractivity (Wildman–Crippen MR) is 107 cm³/mol. The van der Waals surface area contributed by atoms with Gasteiger partial charge in [-0.25, -0.2) is 9.78 Å². The van der Waals surface area contributed by atoms with Gasteiger partial charge in [0.25, 0.3) is 0 Å². The van der Waals surface area contributed by atoms with E-state index in [1.165, 1.54) is 23.1 Å². The van der Waals surface area contributed by atoms with Gasteiger partial charge in [0.15, 0.2) is 5.13 Å². The molecule has 27 heavy (non-hydrogen) atoms. The van der Waals surface area contributed by atoms with E-state index in [0.29, 0.717) is 5.56 Å². The summed E-state index contributed by atoms with van der Waals surface area (Å²) in [5.74, 6) is 0.588. The van der Waals surface area contributed by atoms with E-state index < -0.39 is 0 Å². The number of carbonyl (C=O) groups is 1. The van der Waals surface area contributed by atoms with Crippen molar-refractivity contribution in [2.75, 3.05) is 19.5 Å². The van der Waals surface area contributed by atoms with Gasteiger partial charge < -0.3 is 14.8 Å². The number of hydrogen-bond donors (Lipinski definition) is 1. The van der Waals surface area contributed by atoms with Crippen LogP contribution in [0.15, 0.2) is 36.4 Å². The Hall–Kier alpha value is -2.86. The van der Waals surface area contributed by atoms with Crippen molar-refractivity contribution in [1.29, 1.82) is 0 Å². The molecule has 0 unspecified atom stereocenters. The van der Waals surface area contributed by atoms with Crippen LogP contribution in [0.2, 0.25) is 0 Å². The molecule has 0 saturated heterocycles. The first-order valence-electron chi connectivity index (χ1n) is 8.72. The Morgan fingerprint density at radius 3 is 2.63 bits per heavy atom. The van der Waals surface area contributed by atoms with E-state index in [2.05, 4.69) is 24.4 Å². The van der Waals surface area contributed by atoms with Crippen LogP contribution in [0.4, 0.5) is 10.8 Å². The number of esters is 1. The third-order valence-electron chi connectivity index (χ3n) is 4.75. The number of nitrogens with one attached hydrogen (secondary N) is 1. The zero-order valence-electron chi connectivity index (χ0n) is 15.5. The number of aromatic nitrogens is 1. The van der Waals surface area contributed by atoms with Crippen molar-refractivity contribution in [1.82, 2.24) is 4.98 Å². The number of rotatable bonds is 4. The monoisotopic (exact) mass is 380 g/mol. The summed E-state index contributed by atoms with van der Waals surface area (Å²) in [5.41, 5.74) is 6.06. The molecule has 1 aliphatic carbocycles. The molecule has 0 radical (unpaired) electrons. The molecule has 0 atom stereocenters. The molecule has 5 nitrogen and oxygen atoms in total. The predicted octanol–water partition coefficient (Wildman–Crippen LogP) is 4.76. The maximum atomic E-state index is 11.5. The number of nitrogens with zero attached hydrogens (tertiary/aromatic N) is 1. The van der Waals surface area contributed by atoms with Crippen molar-refractivity contribution in [3.05, 3.63) is 58.0 Å². The van der Waals surface area contributed by atoms with E-state index in [0.717, 1.165) is 40.7 Å². The highest BCUT2D eigenvalue weighted by Gasteiger charge is 2.22. The average molecular weight is 380 g/mol. The summed E-state index contributed by atoms with van der Waals surface area (Å²) < 4.78 is 10.2. The van der Waals surface area contributed by atoms with E-state index >= 15 is 0 Å². The first-order chi connectivity index (χ1) is 13.1. The van der Waals surface area contributed by atoms with Gasteiger partial charge in [-0.2, -0.15) is 0 Å². The molecule has 1 aromatic heterocycles. The Morgan fingerprint density at radius 1 is 1.15 bits per heavy atom. The standard InChI is InChI=1S/C21H20N2O3S/c1-12-10-16-14(11-17(12)25-2)6-9-18-19(16)23-21(27-18)22-15-7-4-13(5-8-15)20(24)26-3/h4-5,7-8,10-11H,6,9H2,1-3H3,(H,22,23). The van der Waals surface area contributed by atoms with Gasteiger partial charge in [-0.1, -0.05) is 0 Å². The summed E-state index contributed by atoms with van der Waals surface area (Å²) in [6, 6.07) is 11.5. The zero-order chi connectivity index (χ0) is 19.0. The van der Waals surface area contributed by atoms with Gasteiger partial charge in [0.05, 0.1) is 25.5 Å². The number of anilines is 2. The van der Waals surface area contributed by atoms with Crippen molar-refractivity contribution in [3.63, 3.8) is 0 Å². The van der Waals surface area contributed by atoms with Crippen molar-refractivity contribution < 1.29 is 14.3 Å². The molecule has 1 heterocycles. The Morgan fingerprint density at radius 2 is 1.93 bits per heavy atom. The molecule has 4 rings (SSSR count). The third-order valence-corrected chi connectivity index (χ3v) is 5.78. The van der Waals surface area contributed by atoms with E-state index in [1.807, 2.05) is 12.1 Å². The molecule has 3 aromatic rings. The smallest absolute Gasteiger partial charge is 0.337 e. The number of thiazole rings is 1. The zero-order valence-corrected chi connectivity index (χ0v) is 16.3. The molecule has 1 aliphatic rings. The van der Waals surface area contributed by atoms with Crippen molar-refractivity contribution >= 4 is 28.1 Å². The quantitative estimate of drug-likeness (QED) is 0.662. The summed E-state index contributed by atoms with van der Waals surface area (Å²) in [6.07, 6.45) is 1.98. The van der Waals surface area contributed by atoms with Crippen molar-refractivity contribution in [2.45, 2.75) is 19.8 Å². The minimum Gasteiger partial charge on any atom is -0.496 e. The number of carbonyl (C=O) groups excluding carboxylic acids is 1. The van der Waals surface area contributed by atoms with Crippen LogP contribution in [-0.4, -0.2) is 25.2 Å². The normalized spacial score (nSPS) is 12.1. The lowest BCUT2D eigenvalue weighted by Crippen LogP contribution is -2.03. The third kappa shape index (κ3) is 3.28. The maximum Gasteiger partial charge on any atom is 0.337 e. The van der Waals surface area contributed by atoms with Crippen molar-refractivity contribution in [2.24, 2.45) is 0 Å². The van der Waals surface area contributed by atoms with Crippen LogP contribution in [0, 0.1) is 6.92 Å². The maximum absolute atomic E-state index is 11.5. The van der Waals surface area contributed by atoms with Crippen LogP contribution in [0.1, 0.15) is 26.4 Å². The molecule has 2 aromatic carbocycles. The molecular formula is C21H20N2O3S. The highest BCUT2D eigenvalue weighted by atomic mass is 32.1. The largest absolute Gasteiger partial charge is 0.496 e. The molecule has 0 aliphatic heterocycles. The fourth-order valence-electron chi connectivity index (χ4n) is 3.34. The lowest BCUT2D eigenvalue weighted by Gasteiger charge is -2.17. The Bertz CT molecular complexity index is 1010. The van der Waals surface area contributed by atoms with E-state index in [9.17, 15) is 4.79 Å². The van der Waals surface area contributed by atoms with E-state index in [-0.39, 0.29) is 5.97 Å². The molecule has 0 spiro atoms. The fourth-order valence-corrected chi connectivity index (χ4v) is 4.34. The first kappa shape index (κ1) is 17.5. The van der Waals surface area contributed by atoms with Gasteiger partial charge in [0, 0.05) is 16.1 Å². The summed E-state index contributed by atoms with van der Waals surface area (Å²) in [4.78, 5) is 17.7. The number of hydrogen-bond acceptors (Lipinski definition) is 6. The summed E-state index contributed by atoms with van der Waals surface area (Å²) in [6.45, 7) is 2.06. The summed E-state index contributed by atoms with van der Waals surface area (Å²) in [7, 11) is 3.09. The Kier molecular flexibility index (Phi) is 4.58. The number of fused-ring (bicyclic) bond motifs is 3. The lowest BCUT2D eigenvalue weighted by molar-refractivity contribution is 0.0601. The van der Waals surface area contributed by atoms with Crippen LogP contribution in [0.25, 0.3) is 11.3 Å². The van der Waals surface area contributed by atoms with Gasteiger partial charge in [-0.05, 0) is 67.3 Å². The molecule has 1 N–H and O–H groups in total. The minimum atomic E-state index is -0.339. The van der Waals surface area contributed by atoms with Gasteiger partial charge >= 0.3 is 5.97 Å². The van der Waals surface area contributed by atoms with Crippen LogP contribution in [0.5, 0.6) is 5.75 Å². The highest BCUT2D eigenvalue weighted by molar-refractivity contribution is 7.16. The second kappa shape index (κ2) is 7.04. The topological polar surface area (TPSA) is 60.5 Å². The minimum absolute atomic E-state index is 0.339. The summed E-state index contributed by atoms with van der Waals surface area (Å²) >= 11 is 1.68. The van der Waals surface area contributed by atoms with Gasteiger partial charge in [-0.15, -0.1) is 11.3 Å². The Labute approximate surface area is 162 Å². The van der Waals surface area contributed by atoms with Crippen LogP contribution < -0.4 is 10.1 Å². The molecule has 6 heteroatoms. The molecule has 0 bridgehead atoms. The van der Waals surface area contributed by atoms with Crippen LogP contribution >= 0.6 is 11.3 Å². The van der Waals surface area contributed by atoms with Gasteiger partial charge in [-0.3, -0.25) is 0 Å². The first-order valence-corrected chi connectivity index (χ1v) is 9.53. The highest BCUT2D eigenvalue weighted by Crippen LogP contribution is 2.41. The molecule has 0 amide bonds. The van der Waals surface area contributed by atoms with Crippen LogP contribution in [0.3, 0.4) is 0 Å². The lowest BCUT2D eigenvalue weighted by atomic mass is 9.91. The molecule has 0 fully saturated rings. The summed E-state index contributed by atoms with van der Waals surface area (Å²) in [5, 5.41) is 4.20. The van der Waals surface area contributed by atoms with Crippen molar-refractivity contribution in [3.8, 4) is 17.0 Å². The SMILES string of the molecule is COC(=O)c1ccc(Nc2nc3c(s2)CCc2cc(OC)c(C)cc2-3)cc1. The van der Waals surface area contributed by atoms with Crippen LogP contribution in [-0.2, 0) is 17.6 Å².